The first-order valence-electron chi connectivity index (χ1n) is 6.31. The monoisotopic (exact) mass is 261 g/mol. The second-order valence-corrected chi connectivity index (χ2v) is 4.90. The summed E-state index contributed by atoms with van der Waals surface area (Å²) >= 11 is 0. The van der Waals surface area contributed by atoms with Crippen molar-refractivity contribution < 1.29 is 9.26 Å². The van der Waals surface area contributed by atoms with Crippen LogP contribution in [0.2, 0.25) is 0 Å². The van der Waals surface area contributed by atoms with Gasteiger partial charge < -0.3 is 15.0 Å². The molecule has 0 aliphatic carbocycles. The van der Waals surface area contributed by atoms with Gasteiger partial charge in [-0.05, 0) is 38.5 Å². The van der Waals surface area contributed by atoms with Crippen molar-refractivity contribution in [3.8, 4) is 0 Å². The van der Waals surface area contributed by atoms with E-state index in [2.05, 4.69) is 10.1 Å². The van der Waals surface area contributed by atoms with Crippen LogP contribution in [-0.2, 0) is 16.8 Å². The lowest BCUT2D eigenvalue weighted by Gasteiger charge is -2.20. The van der Waals surface area contributed by atoms with Gasteiger partial charge in [0.05, 0.1) is 5.41 Å². The lowest BCUT2D eigenvalue weighted by Crippen LogP contribution is -2.19. The highest BCUT2D eigenvalue weighted by Crippen LogP contribution is 2.30. The van der Waals surface area contributed by atoms with Crippen LogP contribution in [0.3, 0.4) is 0 Å². The van der Waals surface area contributed by atoms with Gasteiger partial charge in [0.2, 0.25) is 5.89 Å². The molecular formula is C14H19N3O2. The van der Waals surface area contributed by atoms with Gasteiger partial charge in [-0.3, -0.25) is 0 Å². The lowest BCUT2D eigenvalue weighted by molar-refractivity contribution is 0.126. The minimum absolute atomic E-state index is 0.356. The van der Waals surface area contributed by atoms with Crippen molar-refractivity contribution in [2.45, 2.75) is 32.8 Å². The smallest absolute Gasteiger partial charge is 0.236 e. The average Bonchev–Trinajstić information content (AvgIpc) is 2.86. The summed E-state index contributed by atoms with van der Waals surface area (Å²) in [6.07, 6.45) is 0. The van der Waals surface area contributed by atoms with Gasteiger partial charge in [0.1, 0.15) is 6.61 Å². The number of anilines is 1. The Labute approximate surface area is 112 Å². The van der Waals surface area contributed by atoms with Crippen molar-refractivity contribution in [2.24, 2.45) is 0 Å². The molecular weight excluding hydrogens is 242 g/mol. The SMILES string of the molecule is CCOCc1noc(C(C)(C)c2ccc(N)cc2)n1. The van der Waals surface area contributed by atoms with Gasteiger partial charge in [-0.1, -0.05) is 17.3 Å². The van der Waals surface area contributed by atoms with Crippen molar-refractivity contribution >= 4 is 5.69 Å². The minimum atomic E-state index is -0.356. The molecule has 0 atom stereocenters. The summed E-state index contributed by atoms with van der Waals surface area (Å²) in [5, 5.41) is 3.93. The molecule has 102 valence electrons. The first-order valence-corrected chi connectivity index (χ1v) is 6.31. The molecule has 1 aromatic heterocycles. The van der Waals surface area contributed by atoms with Crippen molar-refractivity contribution in [1.29, 1.82) is 0 Å². The van der Waals surface area contributed by atoms with E-state index in [1.807, 2.05) is 45.0 Å². The highest BCUT2D eigenvalue weighted by Gasteiger charge is 2.29. The predicted molar refractivity (Wildman–Crippen MR) is 72.6 cm³/mol. The van der Waals surface area contributed by atoms with Crippen molar-refractivity contribution in [2.75, 3.05) is 12.3 Å². The molecule has 0 amide bonds. The van der Waals surface area contributed by atoms with Gasteiger partial charge in [-0.2, -0.15) is 4.98 Å². The van der Waals surface area contributed by atoms with Crippen molar-refractivity contribution in [1.82, 2.24) is 10.1 Å². The van der Waals surface area contributed by atoms with E-state index in [0.29, 0.717) is 24.9 Å². The number of ether oxygens (including phenoxy) is 1. The zero-order valence-electron chi connectivity index (χ0n) is 11.5. The molecule has 0 aliphatic rings. The van der Waals surface area contributed by atoms with Gasteiger partial charge in [0.25, 0.3) is 0 Å². The maximum atomic E-state index is 5.70. The molecule has 0 spiro atoms. The Morgan fingerprint density at radius 2 is 1.95 bits per heavy atom. The maximum Gasteiger partial charge on any atom is 0.236 e. The van der Waals surface area contributed by atoms with Crippen LogP contribution in [0, 0.1) is 0 Å². The van der Waals surface area contributed by atoms with E-state index in [0.717, 1.165) is 11.3 Å². The molecule has 0 saturated carbocycles. The molecule has 1 aromatic carbocycles. The van der Waals surface area contributed by atoms with E-state index in [-0.39, 0.29) is 5.41 Å². The Morgan fingerprint density at radius 3 is 2.58 bits per heavy atom. The van der Waals surface area contributed by atoms with E-state index < -0.39 is 0 Å². The molecule has 2 N–H and O–H groups in total. The van der Waals surface area contributed by atoms with Gasteiger partial charge in [0.15, 0.2) is 5.82 Å². The van der Waals surface area contributed by atoms with Crippen LogP contribution in [0.25, 0.3) is 0 Å². The fourth-order valence-electron chi connectivity index (χ4n) is 1.78. The number of nitrogen functional groups attached to an aromatic ring is 1. The number of hydrogen-bond acceptors (Lipinski definition) is 5. The largest absolute Gasteiger partial charge is 0.399 e. The van der Waals surface area contributed by atoms with Crippen molar-refractivity contribution in [3.63, 3.8) is 0 Å². The van der Waals surface area contributed by atoms with E-state index >= 15 is 0 Å². The number of nitrogens with two attached hydrogens (primary N) is 1. The predicted octanol–water partition coefficient (Wildman–Crippen LogP) is 2.51. The summed E-state index contributed by atoms with van der Waals surface area (Å²) in [6, 6.07) is 7.69. The molecule has 5 nitrogen and oxygen atoms in total. The van der Waals surface area contributed by atoms with Gasteiger partial charge >= 0.3 is 0 Å². The zero-order valence-corrected chi connectivity index (χ0v) is 11.5. The molecule has 0 aliphatic heterocycles. The summed E-state index contributed by atoms with van der Waals surface area (Å²) in [5.41, 5.74) is 7.16. The van der Waals surface area contributed by atoms with E-state index in [1.54, 1.807) is 0 Å². The zero-order chi connectivity index (χ0) is 13.9. The lowest BCUT2D eigenvalue weighted by atomic mass is 9.84. The van der Waals surface area contributed by atoms with Crippen LogP contribution in [0.15, 0.2) is 28.8 Å². The molecule has 5 heteroatoms. The van der Waals surface area contributed by atoms with E-state index in [4.69, 9.17) is 15.0 Å². The van der Waals surface area contributed by atoms with Crippen LogP contribution < -0.4 is 5.73 Å². The standard InChI is InChI=1S/C14H19N3O2/c1-4-18-9-12-16-13(19-17-12)14(2,3)10-5-7-11(15)8-6-10/h5-8H,4,9,15H2,1-3H3. The fourth-order valence-corrected chi connectivity index (χ4v) is 1.78. The topological polar surface area (TPSA) is 74.2 Å². The van der Waals surface area contributed by atoms with Crippen molar-refractivity contribution in [3.05, 3.63) is 41.5 Å². The summed E-state index contributed by atoms with van der Waals surface area (Å²) in [6.45, 7) is 7.01. The van der Waals surface area contributed by atoms with Gasteiger partial charge in [0, 0.05) is 12.3 Å². The molecule has 0 saturated heterocycles. The number of aromatic nitrogens is 2. The normalized spacial score (nSPS) is 11.7. The first-order chi connectivity index (χ1) is 9.04. The number of nitrogens with zero attached hydrogens (tertiary/aromatic N) is 2. The molecule has 0 radical (unpaired) electrons. The number of hydrogen-bond donors (Lipinski definition) is 1. The third-order valence-electron chi connectivity index (χ3n) is 3.07. The molecule has 19 heavy (non-hydrogen) atoms. The van der Waals surface area contributed by atoms with Crippen LogP contribution in [0.1, 0.15) is 38.0 Å². The fraction of sp³-hybridized carbons (Fsp3) is 0.429. The second-order valence-electron chi connectivity index (χ2n) is 4.90. The third-order valence-corrected chi connectivity index (χ3v) is 3.07. The van der Waals surface area contributed by atoms with E-state index in [1.165, 1.54) is 0 Å². The summed E-state index contributed by atoms with van der Waals surface area (Å²) in [7, 11) is 0. The summed E-state index contributed by atoms with van der Waals surface area (Å²) in [4.78, 5) is 4.38. The van der Waals surface area contributed by atoms with Crippen LogP contribution in [-0.4, -0.2) is 16.7 Å². The molecule has 2 aromatic rings. The summed E-state index contributed by atoms with van der Waals surface area (Å²) in [5.74, 6) is 1.15. The minimum Gasteiger partial charge on any atom is -0.399 e. The molecule has 0 unspecified atom stereocenters. The Kier molecular flexibility index (Phi) is 3.85. The Balaban J connectivity index is 2.23. The molecule has 1 heterocycles. The Morgan fingerprint density at radius 1 is 1.26 bits per heavy atom. The second kappa shape index (κ2) is 5.40. The average molecular weight is 261 g/mol. The van der Waals surface area contributed by atoms with Crippen LogP contribution in [0.4, 0.5) is 5.69 Å². The Bertz CT molecular complexity index is 532. The molecule has 0 fully saturated rings. The van der Waals surface area contributed by atoms with Crippen LogP contribution in [0.5, 0.6) is 0 Å². The van der Waals surface area contributed by atoms with Gasteiger partial charge in [-0.25, -0.2) is 0 Å². The van der Waals surface area contributed by atoms with Crippen LogP contribution >= 0.6 is 0 Å². The van der Waals surface area contributed by atoms with Gasteiger partial charge in [-0.15, -0.1) is 0 Å². The third kappa shape index (κ3) is 2.93. The van der Waals surface area contributed by atoms with E-state index in [9.17, 15) is 0 Å². The number of benzene rings is 1. The number of rotatable bonds is 5. The highest BCUT2D eigenvalue weighted by atomic mass is 16.5. The quantitative estimate of drug-likeness (QED) is 0.837. The summed E-state index contributed by atoms with van der Waals surface area (Å²) < 4.78 is 10.6. The highest BCUT2D eigenvalue weighted by molar-refractivity contribution is 5.42. The molecule has 0 bridgehead atoms. The Hall–Kier alpha value is -1.88. The maximum absolute atomic E-state index is 5.70. The molecule has 2 rings (SSSR count). The first kappa shape index (κ1) is 13.5.